The first-order valence-corrected chi connectivity index (χ1v) is 11.0. The van der Waals surface area contributed by atoms with Crippen LogP contribution in [0, 0.1) is 5.41 Å². The van der Waals surface area contributed by atoms with Crippen LogP contribution in [0.3, 0.4) is 0 Å². The number of amides is 2. The van der Waals surface area contributed by atoms with Crippen LogP contribution in [0.15, 0.2) is 12.3 Å². The van der Waals surface area contributed by atoms with Gasteiger partial charge in [0.05, 0.1) is 11.0 Å². The van der Waals surface area contributed by atoms with E-state index in [-0.39, 0.29) is 37.9 Å². The Morgan fingerprint density at radius 3 is 2.46 bits per heavy atom. The highest BCUT2D eigenvalue weighted by atomic mass is 19.4. The molecule has 2 amide bonds. The van der Waals surface area contributed by atoms with Crippen LogP contribution in [-0.2, 0) is 28.7 Å². The van der Waals surface area contributed by atoms with Gasteiger partial charge in [0.2, 0.25) is 5.91 Å². The number of hydrogen-bond acceptors (Lipinski definition) is 5. The van der Waals surface area contributed by atoms with Crippen LogP contribution in [0.2, 0.25) is 0 Å². The number of aromatic nitrogens is 1. The van der Waals surface area contributed by atoms with Crippen molar-refractivity contribution in [3.63, 3.8) is 0 Å². The lowest BCUT2D eigenvalue weighted by Crippen LogP contribution is -2.55. The van der Waals surface area contributed by atoms with E-state index in [1.54, 1.807) is 20.8 Å². The van der Waals surface area contributed by atoms with Crippen molar-refractivity contribution < 1.29 is 45.8 Å². The third kappa shape index (κ3) is 5.99. The zero-order valence-corrected chi connectivity index (χ0v) is 19.4. The normalized spacial score (nSPS) is 24.1. The van der Waals surface area contributed by atoms with Crippen LogP contribution in [0.25, 0.3) is 0 Å². The number of ether oxygens (including phenoxy) is 1. The molecule has 2 aliphatic rings. The zero-order chi connectivity index (χ0) is 26.4. The average Bonchev–Trinajstić information content (AvgIpc) is 3.13. The maximum absolute atomic E-state index is 13.6. The lowest BCUT2D eigenvalue weighted by molar-refractivity contribution is -0.240. The van der Waals surface area contributed by atoms with Gasteiger partial charge in [0.25, 0.3) is 0 Å². The number of nitrogens with zero attached hydrogens (tertiary/aromatic N) is 2. The molecule has 1 fully saturated rings. The summed E-state index contributed by atoms with van der Waals surface area (Å²) in [6.45, 7) is 4.38. The summed E-state index contributed by atoms with van der Waals surface area (Å²) < 4.78 is 85.3. The number of carbonyl (C=O) groups excluding carboxylic acids is 2. The number of pyridine rings is 1. The Kier molecular flexibility index (Phi) is 7.06. The predicted octanol–water partition coefficient (Wildman–Crippen LogP) is 3.97. The smallest absolute Gasteiger partial charge is 0.417 e. The fraction of sp³-hybridized carbons (Fsp3) is 0.682. The standard InChI is InChI=1S/C22H27F6N3O4/c1-19(2,3)35-18(34)30-14-4-6-20(9-14,16(32)22(26,27)28)17(33)31-7-5-15-12(11-31)8-13(10-29-15)21(23,24)25/h8,10,14,16,32H,4-7,9,11H2,1-3H3,(H,30,34)/t14-,16?,20+/m1/s1. The largest absolute Gasteiger partial charge is 0.444 e. The van der Waals surface area contributed by atoms with E-state index in [0.717, 1.165) is 11.0 Å². The summed E-state index contributed by atoms with van der Waals surface area (Å²) >= 11 is 0. The van der Waals surface area contributed by atoms with Crippen molar-refractivity contribution >= 4 is 12.0 Å². The molecule has 13 heteroatoms. The zero-order valence-electron chi connectivity index (χ0n) is 19.4. The van der Waals surface area contributed by atoms with Gasteiger partial charge in [-0.25, -0.2) is 4.79 Å². The number of carbonyl (C=O) groups is 2. The molecule has 1 aromatic heterocycles. The van der Waals surface area contributed by atoms with E-state index in [1.165, 1.54) is 0 Å². The second-order valence-corrected chi connectivity index (χ2v) is 9.99. The van der Waals surface area contributed by atoms with Gasteiger partial charge in [0.1, 0.15) is 5.60 Å². The summed E-state index contributed by atoms with van der Waals surface area (Å²) in [6, 6.07) is -0.0442. The third-order valence-electron chi connectivity index (χ3n) is 6.18. The average molecular weight is 511 g/mol. The van der Waals surface area contributed by atoms with E-state index in [4.69, 9.17) is 4.74 Å². The monoisotopic (exact) mass is 511 g/mol. The van der Waals surface area contributed by atoms with Crippen LogP contribution < -0.4 is 5.32 Å². The molecule has 0 spiro atoms. The first-order chi connectivity index (χ1) is 15.9. The molecule has 196 valence electrons. The van der Waals surface area contributed by atoms with Gasteiger partial charge in [-0.1, -0.05) is 0 Å². The Morgan fingerprint density at radius 2 is 1.89 bits per heavy atom. The highest BCUT2D eigenvalue weighted by Crippen LogP contribution is 2.48. The van der Waals surface area contributed by atoms with Gasteiger partial charge in [-0.15, -0.1) is 0 Å². The summed E-state index contributed by atoms with van der Waals surface area (Å²) in [6.07, 6.45) is -13.9. The molecule has 35 heavy (non-hydrogen) atoms. The molecule has 2 N–H and O–H groups in total. The van der Waals surface area contributed by atoms with Crippen molar-refractivity contribution in [3.05, 3.63) is 29.1 Å². The highest BCUT2D eigenvalue weighted by molar-refractivity contribution is 5.84. The van der Waals surface area contributed by atoms with Crippen molar-refractivity contribution in [3.8, 4) is 0 Å². The van der Waals surface area contributed by atoms with Crippen LogP contribution in [0.1, 0.15) is 56.9 Å². The minimum Gasteiger partial charge on any atom is -0.444 e. The van der Waals surface area contributed by atoms with Crippen LogP contribution in [-0.4, -0.2) is 57.5 Å². The molecule has 1 aliphatic carbocycles. The summed E-state index contributed by atoms with van der Waals surface area (Å²) in [5, 5.41) is 12.7. The minimum atomic E-state index is -5.13. The topological polar surface area (TPSA) is 91.8 Å². The molecule has 3 atom stereocenters. The lowest BCUT2D eigenvalue weighted by atomic mass is 9.77. The van der Waals surface area contributed by atoms with E-state index in [9.17, 15) is 41.0 Å². The first kappa shape index (κ1) is 27.0. The molecule has 7 nitrogen and oxygen atoms in total. The Hall–Kier alpha value is -2.57. The van der Waals surface area contributed by atoms with E-state index in [2.05, 4.69) is 10.3 Å². The van der Waals surface area contributed by atoms with Crippen molar-refractivity contribution in [2.75, 3.05) is 6.54 Å². The van der Waals surface area contributed by atoms with Gasteiger partial charge < -0.3 is 20.1 Å². The van der Waals surface area contributed by atoms with Crippen molar-refractivity contribution in [2.24, 2.45) is 5.41 Å². The fourth-order valence-corrected chi connectivity index (χ4v) is 4.62. The van der Waals surface area contributed by atoms with Gasteiger partial charge in [-0.3, -0.25) is 9.78 Å². The number of nitrogens with one attached hydrogen (secondary N) is 1. The maximum Gasteiger partial charge on any atom is 0.417 e. The summed E-state index contributed by atoms with van der Waals surface area (Å²) in [5.74, 6) is -1.03. The second kappa shape index (κ2) is 9.14. The molecule has 1 aliphatic heterocycles. The van der Waals surface area contributed by atoms with Crippen LogP contribution in [0.5, 0.6) is 0 Å². The Balaban J connectivity index is 1.85. The molecule has 3 rings (SSSR count). The fourth-order valence-electron chi connectivity index (χ4n) is 4.62. The molecular weight excluding hydrogens is 484 g/mol. The maximum atomic E-state index is 13.6. The minimum absolute atomic E-state index is 0.0255. The van der Waals surface area contributed by atoms with Crippen molar-refractivity contribution in [2.45, 2.75) is 83.1 Å². The first-order valence-electron chi connectivity index (χ1n) is 11.0. The van der Waals surface area contributed by atoms with E-state index in [1.807, 2.05) is 0 Å². The second-order valence-electron chi connectivity index (χ2n) is 9.99. The summed E-state index contributed by atoms with van der Waals surface area (Å²) in [5.41, 5.74) is -3.78. The van der Waals surface area contributed by atoms with E-state index in [0.29, 0.717) is 11.9 Å². The molecule has 1 aromatic rings. The molecule has 1 unspecified atom stereocenters. The van der Waals surface area contributed by atoms with Gasteiger partial charge in [0, 0.05) is 37.4 Å². The molecular formula is C22H27F6N3O4. The van der Waals surface area contributed by atoms with Gasteiger partial charge in [0.15, 0.2) is 6.10 Å². The number of alkyl halides is 6. The van der Waals surface area contributed by atoms with E-state index >= 15 is 0 Å². The van der Waals surface area contributed by atoms with Gasteiger partial charge in [-0.2, -0.15) is 26.3 Å². The van der Waals surface area contributed by atoms with Crippen molar-refractivity contribution in [1.29, 1.82) is 0 Å². The lowest BCUT2D eigenvalue weighted by Gasteiger charge is -2.40. The number of alkyl carbamates (subject to hydrolysis) is 1. The van der Waals surface area contributed by atoms with Crippen LogP contribution >= 0.6 is 0 Å². The highest BCUT2D eigenvalue weighted by Gasteiger charge is 2.61. The molecule has 1 saturated carbocycles. The Morgan fingerprint density at radius 1 is 1.23 bits per heavy atom. The SMILES string of the molecule is CC(C)(C)OC(=O)N[C@@H]1CC[C@@](C(=O)N2CCc3ncc(C(F)(F)F)cc3C2)(C(O)C(F)(F)F)C1. The van der Waals surface area contributed by atoms with E-state index < -0.39 is 59.5 Å². The number of fused-ring (bicyclic) bond motifs is 1. The molecule has 0 bridgehead atoms. The molecule has 0 radical (unpaired) electrons. The number of aliphatic hydroxyl groups excluding tert-OH is 1. The Bertz CT molecular complexity index is 975. The number of hydrogen-bond donors (Lipinski definition) is 2. The number of aliphatic hydroxyl groups is 1. The molecule has 0 saturated heterocycles. The predicted molar refractivity (Wildman–Crippen MR) is 110 cm³/mol. The quantitative estimate of drug-likeness (QED) is 0.600. The Labute approximate surface area is 197 Å². The third-order valence-corrected chi connectivity index (χ3v) is 6.18. The summed E-state index contributed by atoms with van der Waals surface area (Å²) in [7, 11) is 0. The van der Waals surface area contributed by atoms with Crippen molar-refractivity contribution in [1.82, 2.24) is 15.2 Å². The number of halogens is 6. The number of rotatable bonds is 3. The molecule has 0 aromatic carbocycles. The van der Waals surface area contributed by atoms with Crippen LogP contribution in [0.4, 0.5) is 31.1 Å². The molecule has 2 heterocycles. The van der Waals surface area contributed by atoms with Gasteiger partial charge in [-0.05, 0) is 51.7 Å². The van der Waals surface area contributed by atoms with Gasteiger partial charge >= 0.3 is 18.4 Å². The summed E-state index contributed by atoms with van der Waals surface area (Å²) in [4.78, 5) is 30.4.